The van der Waals surface area contributed by atoms with Crippen LogP contribution in [-0.2, 0) is 9.59 Å². The molecule has 2 aromatic rings. The minimum absolute atomic E-state index is 0.0585. The van der Waals surface area contributed by atoms with Gasteiger partial charge in [0.05, 0.1) is 17.9 Å². The van der Waals surface area contributed by atoms with E-state index in [-0.39, 0.29) is 30.8 Å². The number of hydrogen-bond acceptors (Lipinski definition) is 3. The topological polar surface area (TPSA) is 78.5 Å². The van der Waals surface area contributed by atoms with Crippen molar-refractivity contribution in [1.82, 2.24) is 5.32 Å². The van der Waals surface area contributed by atoms with E-state index in [2.05, 4.69) is 10.6 Å². The van der Waals surface area contributed by atoms with Gasteiger partial charge in [-0.2, -0.15) is 0 Å². The molecule has 23 heavy (non-hydrogen) atoms. The van der Waals surface area contributed by atoms with Gasteiger partial charge in [0, 0.05) is 5.56 Å². The first-order valence-corrected chi connectivity index (χ1v) is 7.17. The van der Waals surface area contributed by atoms with E-state index in [1.807, 2.05) is 6.07 Å². The van der Waals surface area contributed by atoms with Crippen molar-refractivity contribution in [2.24, 2.45) is 0 Å². The molecule has 0 aliphatic carbocycles. The molecule has 0 fully saturated rings. The summed E-state index contributed by atoms with van der Waals surface area (Å²) in [5.41, 5.74) is 1.70. The molecule has 0 unspecified atom stereocenters. The van der Waals surface area contributed by atoms with Crippen molar-refractivity contribution in [3.05, 3.63) is 60.2 Å². The Bertz CT molecular complexity index is 759. The van der Waals surface area contributed by atoms with Crippen LogP contribution >= 0.6 is 0 Å². The number of benzene rings is 2. The standard InChI is InChI=1S/C17H15N3O3/c21-15-11-20(14-9-5-4-8-13(14)19-15)16(22)10-18-17(23)12-6-2-1-3-7-12/h1-9H,10-11H2,(H,18,23)(H,19,21). The normalized spacial score (nSPS) is 13.0. The van der Waals surface area contributed by atoms with Gasteiger partial charge in [0.2, 0.25) is 11.8 Å². The molecule has 0 radical (unpaired) electrons. The molecule has 0 spiro atoms. The van der Waals surface area contributed by atoms with Crippen molar-refractivity contribution in [1.29, 1.82) is 0 Å². The van der Waals surface area contributed by atoms with Gasteiger partial charge in [0.1, 0.15) is 6.54 Å². The largest absolute Gasteiger partial charge is 0.343 e. The van der Waals surface area contributed by atoms with E-state index in [1.165, 1.54) is 4.90 Å². The predicted octanol–water partition coefficient (Wildman–Crippen LogP) is 1.40. The van der Waals surface area contributed by atoms with E-state index >= 15 is 0 Å². The molecule has 0 atom stereocenters. The third kappa shape index (κ3) is 3.21. The second kappa shape index (κ2) is 6.31. The zero-order valence-electron chi connectivity index (χ0n) is 12.3. The number of anilines is 2. The molecule has 2 N–H and O–H groups in total. The van der Waals surface area contributed by atoms with E-state index in [1.54, 1.807) is 48.5 Å². The van der Waals surface area contributed by atoms with E-state index in [9.17, 15) is 14.4 Å². The number of hydrogen-bond donors (Lipinski definition) is 2. The van der Waals surface area contributed by atoms with Crippen molar-refractivity contribution in [2.75, 3.05) is 23.3 Å². The number of carbonyl (C=O) groups is 3. The fourth-order valence-corrected chi connectivity index (χ4v) is 2.40. The number of rotatable bonds is 3. The lowest BCUT2D eigenvalue weighted by molar-refractivity contribution is -0.121. The third-order valence-electron chi connectivity index (χ3n) is 3.51. The minimum Gasteiger partial charge on any atom is -0.343 e. The first-order valence-electron chi connectivity index (χ1n) is 7.17. The van der Waals surface area contributed by atoms with Crippen LogP contribution in [0, 0.1) is 0 Å². The van der Waals surface area contributed by atoms with Gasteiger partial charge in [-0.25, -0.2) is 0 Å². The average molecular weight is 309 g/mol. The van der Waals surface area contributed by atoms with Gasteiger partial charge in [-0.15, -0.1) is 0 Å². The zero-order chi connectivity index (χ0) is 16.2. The second-order valence-electron chi connectivity index (χ2n) is 5.09. The van der Waals surface area contributed by atoms with Crippen LogP contribution in [0.4, 0.5) is 11.4 Å². The Morgan fingerprint density at radius 3 is 2.52 bits per heavy atom. The van der Waals surface area contributed by atoms with E-state index in [4.69, 9.17) is 0 Å². The Kier molecular flexibility index (Phi) is 4.05. The van der Waals surface area contributed by atoms with Crippen LogP contribution in [-0.4, -0.2) is 30.8 Å². The van der Waals surface area contributed by atoms with Crippen LogP contribution in [0.2, 0.25) is 0 Å². The van der Waals surface area contributed by atoms with Gasteiger partial charge in [-0.3, -0.25) is 19.3 Å². The lowest BCUT2D eigenvalue weighted by Gasteiger charge is -2.29. The van der Waals surface area contributed by atoms with Crippen molar-refractivity contribution in [3.8, 4) is 0 Å². The Balaban J connectivity index is 1.69. The summed E-state index contributed by atoms with van der Waals surface area (Å²) in [6.07, 6.45) is 0. The Morgan fingerprint density at radius 2 is 1.74 bits per heavy atom. The maximum absolute atomic E-state index is 12.4. The van der Waals surface area contributed by atoms with Gasteiger partial charge >= 0.3 is 0 Å². The smallest absolute Gasteiger partial charge is 0.251 e. The summed E-state index contributed by atoms with van der Waals surface area (Å²) in [5.74, 6) is -0.920. The Hall–Kier alpha value is -3.15. The molecular weight excluding hydrogens is 294 g/mol. The molecule has 116 valence electrons. The van der Waals surface area contributed by atoms with Crippen molar-refractivity contribution in [3.63, 3.8) is 0 Å². The Labute approximate surface area is 133 Å². The van der Waals surface area contributed by atoms with E-state index in [0.29, 0.717) is 16.9 Å². The molecule has 1 aliphatic rings. The van der Waals surface area contributed by atoms with Crippen LogP contribution in [0.15, 0.2) is 54.6 Å². The van der Waals surface area contributed by atoms with Gasteiger partial charge in [0.25, 0.3) is 5.91 Å². The SMILES string of the molecule is O=C1CN(C(=O)CNC(=O)c2ccccc2)c2ccccc2N1. The van der Waals surface area contributed by atoms with Crippen molar-refractivity contribution >= 4 is 29.1 Å². The number of carbonyl (C=O) groups excluding carboxylic acids is 3. The van der Waals surface area contributed by atoms with Crippen molar-refractivity contribution in [2.45, 2.75) is 0 Å². The second-order valence-corrected chi connectivity index (χ2v) is 5.09. The van der Waals surface area contributed by atoms with Crippen LogP contribution < -0.4 is 15.5 Å². The fraction of sp³-hybridized carbons (Fsp3) is 0.118. The van der Waals surface area contributed by atoms with Crippen LogP contribution in [0.25, 0.3) is 0 Å². The summed E-state index contributed by atoms with van der Waals surface area (Å²) in [4.78, 5) is 37.4. The molecule has 6 heteroatoms. The van der Waals surface area contributed by atoms with Gasteiger partial charge < -0.3 is 10.6 Å². The molecule has 3 amide bonds. The molecule has 0 aromatic heterocycles. The highest BCUT2D eigenvalue weighted by Crippen LogP contribution is 2.28. The summed E-state index contributed by atoms with van der Waals surface area (Å²) in [5, 5.41) is 5.30. The Morgan fingerprint density at radius 1 is 1.04 bits per heavy atom. The van der Waals surface area contributed by atoms with Gasteiger partial charge in [-0.05, 0) is 24.3 Å². The minimum atomic E-state index is -0.336. The number of fused-ring (bicyclic) bond motifs is 1. The van der Waals surface area contributed by atoms with Gasteiger partial charge in [-0.1, -0.05) is 30.3 Å². The average Bonchev–Trinajstić information content (AvgIpc) is 2.59. The van der Waals surface area contributed by atoms with E-state index in [0.717, 1.165) is 0 Å². The summed E-state index contributed by atoms with van der Waals surface area (Å²) in [6.45, 7) is -0.230. The number of nitrogens with one attached hydrogen (secondary N) is 2. The summed E-state index contributed by atoms with van der Waals surface area (Å²) < 4.78 is 0. The molecule has 2 aromatic carbocycles. The lowest BCUT2D eigenvalue weighted by Crippen LogP contribution is -2.46. The fourth-order valence-electron chi connectivity index (χ4n) is 2.40. The summed E-state index contributed by atoms with van der Waals surface area (Å²) in [6, 6.07) is 15.7. The number of nitrogens with zero attached hydrogens (tertiary/aromatic N) is 1. The molecule has 3 rings (SSSR count). The highest BCUT2D eigenvalue weighted by atomic mass is 16.2. The summed E-state index contributed by atoms with van der Waals surface area (Å²) >= 11 is 0. The molecule has 0 saturated carbocycles. The zero-order valence-corrected chi connectivity index (χ0v) is 12.3. The highest BCUT2D eigenvalue weighted by Gasteiger charge is 2.26. The first kappa shape index (κ1) is 14.8. The first-order chi connectivity index (χ1) is 11.1. The van der Waals surface area contributed by atoms with Crippen LogP contribution in [0.3, 0.4) is 0 Å². The maximum atomic E-state index is 12.4. The quantitative estimate of drug-likeness (QED) is 0.899. The molecule has 0 bridgehead atoms. The van der Waals surface area contributed by atoms with Crippen LogP contribution in [0.1, 0.15) is 10.4 Å². The number of amides is 3. The van der Waals surface area contributed by atoms with E-state index < -0.39 is 0 Å². The van der Waals surface area contributed by atoms with Crippen LogP contribution in [0.5, 0.6) is 0 Å². The third-order valence-corrected chi connectivity index (χ3v) is 3.51. The monoisotopic (exact) mass is 309 g/mol. The molecule has 0 saturated heterocycles. The predicted molar refractivity (Wildman–Crippen MR) is 86.2 cm³/mol. The maximum Gasteiger partial charge on any atom is 0.251 e. The molecule has 1 heterocycles. The molecule has 1 aliphatic heterocycles. The molecular formula is C17H15N3O3. The highest BCUT2D eigenvalue weighted by molar-refractivity contribution is 6.11. The lowest BCUT2D eigenvalue weighted by atomic mass is 10.2. The molecule has 6 nitrogen and oxygen atoms in total. The number of para-hydroxylation sites is 2. The van der Waals surface area contributed by atoms with Gasteiger partial charge in [0.15, 0.2) is 0 Å². The summed E-state index contributed by atoms with van der Waals surface area (Å²) in [7, 11) is 0. The van der Waals surface area contributed by atoms with Crippen molar-refractivity contribution < 1.29 is 14.4 Å².